The molecular formula is C23H29ClN2O3. The van der Waals surface area contributed by atoms with Gasteiger partial charge in [0.05, 0.1) is 30.0 Å². The highest BCUT2D eigenvalue weighted by molar-refractivity contribution is 6.33. The van der Waals surface area contributed by atoms with Crippen molar-refractivity contribution in [2.24, 2.45) is 5.41 Å². The van der Waals surface area contributed by atoms with Crippen LogP contribution >= 0.6 is 11.6 Å². The van der Waals surface area contributed by atoms with E-state index >= 15 is 0 Å². The van der Waals surface area contributed by atoms with Crippen molar-refractivity contribution >= 4 is 17.3 Å². The molecule has 2 aromatic rings. The lowest BCUT2D eigenvalue weighted by Gasteiger charge is -2.37. The van der Waals surface area contributed by atoms with E-state index in [1.165, 1.54) is 0 Å². The number of benzene rings is 2. The van der Waals surface area contributed by atoms with Crippen LogP contribution in [0.15, 0.2) is 42.5 Å². The molecule has 2 aliphatic rings. The van der Waals surface area contributed by atoms with Crippen LogP contribution < -0.4 is 14.4 Å². The van der Waals surface area contributed by atoms with Gasteiger partial charge in [-0.2, -0.15) is 0 Å². The second-order valence-corrected chi connectivity index (χ2v) is 9.11. The molecule has 0 radical (unpaired) electrons. The first-order valence-electron chi connectivity index (χ1n) is 10.2. The number of para-hydroxylation sites is 1. The van der Waals surface area contributed by atoms with Crippen LogP contribution in [0.4, 0.5) is 5.69 Å². The minimum Gasteiger partial charge on any atom is -0.489 e. The molecule has 5 nitrogen and oxygen atoms in total. The summed E-state index contributed by atoms with van der Waals surface area (Å²) in [5.74, 6) is 1.47. The number of aliphatic hydroxyl groups excluding tert-OH is 1. The van der Waals surface area contributed by atoms with Crippen LogP contribution in [0.5, 0.6) is 11.5 Å². The normalized spacial score (nSPS) is 20.2. The van der Waals surface area contributed by atoms with Gasteiger partial charge in [-0.15, -0.1) is 0 Å². The number of rotatable bonds is 4. The number of ether oxygens (including phenoxy) is 2. The molecule has 1 fully saturated rings. The van der Waals surface area contributed by atoms with Gasteiger partial charge in [0.2, 0.25) is 0 Å². The zero-order chi connectivity index (χ0) is 20.4. The second kappa shape index (κ2) is 8.42. The summed E-state index contributed by atoms with van der Waals surface area (Å²) in [5.41, 5.74) is 1.92. The Kier molecular flexibility index (Phi) is 5.91. The highest BCUT2D eigenvalue weighted by atomic mass is 35.5. The van der Waals surface area contributed by atoms with Crippen LogP contribution in [0.3, 0.4) is 0 Å². The van der Waals surface area contributed by atoms with E-state index in [0.29, 0.717) is 19.8 Å². The van der Waals surface area contributed by atoms with Crippen LogP contribution in [0, 0.1) is 5.41 Å². The van der Waals surface area contributed by atoms with Gasteiger partial charge < -0.3 is 19.5 Å². The zero-order valence-corrected chi connectivity index (χ0v) is 17.9. The van der Waals surface area contributed by atoms with Crippen LogP contribution in [0.2, 0.25) is 5.02 Å². The minimum atomic E-state index is -0.563. The maximum absolute atomic E-state index is 10.8. The summed E-state index contributed by atoms with van der Waals surface area (Å²) in [6.07, 6.45) is -0.563. The number of fused-ring (bicyclic) bond motifs is 1. The largest absolute Gasteiger partial charge is 0.489 e. The van der Waals surface area contributed by atoms with Crippen LogP contribution in [-0.4, -0.2) is 55.9 Å². The van der Waals surface area contributed by atoms with Crippen molar-refractivity contribution in [3.63, 3.8) is 0 Å². The zero-order valence-electron chi connectivity index (χ0n) is 17.1. The van der Waals surface area contributed by atoms with E-state index in [4.69, 9.17) is 21.1 Å². The van der Waals surface area contributed by atoms with E-state index in [9.17, 15) is 5.11 Å². The molecule has 6 heteroatoms. The highest BCUT2D eigenvalue weighted by Crippen LogP contribution is 2.36. The fourth-order valence-corrected chi connectivity index (χ4v) is 4.04. The van der Waals surface area contributed by atoms with Gasteiger partial charge in [-0.3, -0.25) is 4.90 Å². The molecule has 1 unspecified atom stereocenters. The Hall–Kier alpha value is -1.95. The monoisotopic (exact) mass is 416 g/mol. The Bertz CT molecular complexity index is 850. The Morgan fingerprint density at radius 1 is 1.00 bits per heavy atom. The number of β-amino-alcohol motifs (C(OH)–C–C–N with tert-alkyl or cyclic N) is 1. The summed E-state index contributed by atoms with van der Waals surface area (Å²) in [4.78, 5) is 4.60. The molecular weight excluding hydrogens is 388 g/mol. The number of aliphatic hydroxyl groups is 1. The van der Waals surface area contributed by atoms with Crippen molar-refractivity contribution in [2.45, 2.75) is 20.0 Å². The number of halogens is 1. The summed E-state index contributed by atoms with van der Waals surface area (Å²) >= 11 is 6.33. The number of nitrogens with zero attached hydrogens (tertiary/aromatic N) is 2. The molecule has 4 rings (SSSR count). The van der Waals surface area contributed by atoms with Crippen molar-refractivity contribution in [3.05, 3.63) is 53.1 Å². The number of hydrogen-bond acceptors (Lipinski definition) is 5. The first-order chi connectivity index (χ1) is 13.9. The molecule has 0 aromatic heterocycles. The number of piperazine rings is 1. The number of hydrogen-bond donors (Lipinski definition) is 1. The summed E-state index contributed by atoms with van der Waals surface area (Å²) in [5, 5.41) is 11.6. The fourth-order valence-electron chi connectivity index (χ4n) is 3.78. The molecule has 2 aromatic carbocycles. The topological polar surface area (TPSA) is 45.2 Å². The van der Waals surface area contributed by atoms with Crippen molar-refractivity contribution in [1.82, 2.24) is 4.90 Å². The van der Waals surface area contributed by atoms with Gasteiger partial charge in [-0.25, -0.2) is 0 Å². The van der Waals surface area contributed by atoms with E-state index in [2.05, 4.69) is 29.7 Å². The summed E-state index contributed by atoms with van der Waals surface area (Å²) in [6.45, 7) is 9.64. The first kappa shape index (κ1) is 20.3. The molecule has 2 aliphatic heterocycles. The smallest absolute Gasteiger partial charge is 0.161 e. The molecule has 0 bridgehead atoms. The second-order valence-electron chi connectivity index (χ2n) is 8.70. The van der Waals surface area contributed by atoms with E-state index < -0.39 is 6.10 Å². The predicted octanol–water partition coefficient (Wildman–Crippen LogP) is 3.99. The van der Waals surface area contributed by atoms with E-state index in [0.717, 1.165) is 54.0 Å². The van der Waals surface area contributed by atoms with Gasteiger partial charge in [0.25, 0.3) is 0 Å². The third-order valence-electron chi connectivity index (χ3n) is 5.59. The van der Waals surface area contributed by atoms with Crippen LogP contribution in [0.1, 0.15) is 25.5 Å². The van der Waals surface area contributed by atoms with E-state index in [1.807, 2.05) is 36.4 Å². The standard InChI is InChI=1S/C23H29ClN2O3/c1-23(2)15-28-21-8-7-17(13-22(21)29-16-23)20(27)14-25-9-11-26(12-10-25)19-6-4-3-5-18(19)24/h3-8,13,20,27H,9-12,14-16H2,1-2H3. The van der Waals surface area contributed by atoms with Crippen LogP contribution in [-0.2, 0) is 0 Å². The average Bonchev–Trinajstić information content (AvgIpc) is 2.87. The maximum atomic E-state index is 10.8. The van der Waals surface area contributed by atoms with Crippen molar-refractivity contribution in [3.8, 4) is 11.5 Å². The van der Waals surface area contributed by atoms with Crippen molar-refractivity contribution in [2.75, 3.05) is 50.8 Å². The maximum Gasteiger partial charge on any atom is 0.161 e. The molecule has 29 heavy (non-hydrogen) atoms. The minimum absolute atomic E-state index is 0.0286. The molecule has 1 N–H and O–H groups in total. The van der Waals surface area contributed by atoms with E-state index in [-0.39, 0.29) is 5.41 Å². The summed E-state index contributed by atoms with van der Waals surface area (Å²) in [7, 11) is 0. The van der Waals surface area contributed by atoms with Gasteiger partial charge in [-0.1, -0.05) is 43.6 Å². The lowest BCUT2D eigenvalue weighted by Crippen LogP contribution is -2.47. The average molecular weight is 417 g/mol. The quantitative estimate of drug-likeness (QED) is 0.816. The molecule has 0 aliphatic carbocycles. The third-order valence-corrected chi connectivity index (χ3v) is 5.91. The van der Waals surface area contributed by atoms with Gasteiger partial charge in [-0.05, 0) is 29.8 Å². The first-order valence-corrected chi connectivity index (χ1v) is 10.6. The van der Waals surface area contributed by atoms with Gasteiger partial charge in [0, 0.05) is 38.1 Å². The Morgan fingerprint density at radius 3 is 2.41 bits per heavy atom. The highest BCUT2D eigenvalue weighted by Gasteiger charge is 2.26. The van der Waals surface area contributed by atoms with Gasteiger partial charge in [0.1, 0.15) is 0 Å². The molecule has 1 saturated heterocycles. The van der Waals surface area contributed by atoms with Gasteiger partial charge >= 0.3 is 0 Å². The molecule has 2 heterocycles. The third kappa shape index (κ3) is 4.80. The van der Waals surface area contributed by atoms with Crippen molar-refractivity contribution in [1.29, 1.82) is 0 Å². The molecule has 0 spiro atoms. The molecule has 0 amide bonds. The van der Waals surface area contributed by atoms with E-state index in [1.54, 1.807) is 0 Å². The Balaban J connectivity index is 1.35. The molecule has 156 valence electrons. The predicted molar refractivity (Wildman–Crippen MR) is 116 cm³/mol. The summed E-state index contributed by atoms with van der Waals surface area (Å²) in [6, 6.07) is 13.7. The fraction of sp³-hybridized carbons (Fsp3) is 0.478. The molecule has 1 atom stereocenters. The van der Waals surface area contributed by atoms with Crippen molar-refractivity contribution < 1.29 is 14.6 Å². The summed E-state index contributed by atoms with van der Waals surface area (Å²) < 4.78 is 11.8. The number of anilines is 1. The lowest BCUT2D eigenvalue weighted by atomic mass is 9.97. The Labute approximate surface area is 177 Å². The SMILES string of the molecule is CC1(C)COc2ccc(C(O)CN3CCN(c4ccccc4Cl)CC3)cc2OC1. The van der Waals surface area contributed by atoms with Crippen LogP contribution in [0.25, 0.3) is 0 Å². The Morgan fingerprint density at radius 2 is 1.69 bits per heavy atom. The lowest BCUT2D eigenvalue weighted by molar-refractivity contribution is 0.109. The van der Waals surface area contributed by atoms with Gasteiger partial charge in [0.15, 0.2) is 11.5 Å². The molecule has 0 saturated carbocycles.